The summed E-state index contributed by atoms with van der Waals surface area (Å²) in [6, 6.07) is 12.2. The Morgan fingerprint density at radius 1 is 0.952 bits per heavy atom. The molecule has 0 fully saturated rings. The first kappa shape index (κ1) is 15.7. The number of hydrogen-bond acceptors (Lipinski definition) is 3. The fourth-order valence-corrected chi connectivity index (χ4v) is 2.51. The Hall–Kier alpha value is -1.71. The van der Waals surface area contributed by atoms with Crippen LogP contribution in [0.5, 0.6) is 11.5 Å². The molecular weight excluding hydrogens is 286 g/mol. The standard InChI is InChI=1S/C17H20ClNO2/c1-12-6-4-5-7-13(12)10-19-11-14-8-9-15(20-2)17(21-3)16(14)18/h4-9,19H,10-11H2,1-3H3. The van der Waals surface area contributed by atoms with Gasteiger partial charge >= 0.3 is 0 Å². The van der Waals surface area contributed by atoms with E-state index in [0.29, 0.717) is 23.1 Å². The highest BCUT2D eigenvalue weighted by atomic mass is 35.5. The summed E-state index contributed by atoms with van der Waals surface area (Å²) < 4.78 is 10.5. The minimum Gasteiger partial charge on any atom is -0.493 e. The third-order valence-electron chi connectivity index (χ3n) is 3.46. The van der Waals surface area contributed by atoms with Gasteiger partial charge in [0.05, 0.1) is 19.2 Å². The Balaban J connectivity index is 2.05. The minimum atomic E-state index is 0.578. The van der Waals surface area contributed by atoms with E-state index in [9.17, 15) is 0 Å². The van der Waals surface area contributed by atoms with Crippen LogP contribution in [0.25, 0.3) is 0 Å². The second-order valence-electron chi connectivity index (χ2n) is 4.80. The average Bonchev–Trinajstić information content (AvgIpc) is 2.50. The van der Waals surface area contributed by atoms with Crippen LogP contribution in [-0.2, 0) is 13.1 Å². The molecule has 0 radical (unpaired) electrons. The molecule has 21 heavy (non-hydrogen) atoms. The molecule has 1 N–H and O–H groups in total. The first-order chi connectivity index (χ1) is 10.2. The SMILES string of the molecule is COc1ccc(CNCc2ccccc2C)c(Cl)c1OC. The second kappa shape index (κ2) is 7.34. The highest BCUT2D eigenvalue weighted by Gasteiger charge is 2.12. The van der Waals surface area contributed by atoms with Crippen LogP contribution >= 0.6 is 11.6 Å². The number of benzene rings is 2. The quantitative estimate of drug-likeness (QED) is 0.876. The van der Waals surface area contributed by atoms with E-state index < -0.39 is 0 Å². The van der Waals surface area contributed by atoms with E-state index in [1.807, 2.05) is 24.3 Å². The van der Waals surface area contributed by atoms with Crippen LogP contribution < -0.4 is 14.8 Å². The molecule has 2 rings (SSSR count). The molecule has 3 nitrogen and oxygen atoms in total. The van der Waals surface area contributed by atoms with Crippen LogP contribution in [0.1, 0.15) is 16.7 Å². The van der Waals surface area contributed by atoms with Crippen molar-refractivity contribution < 1.29 is 9.47 Å². The van der Waals surface area contributed by atoms with Gasteiger partial charge in [0.15, 0.2) is 11.5 Å². The van der Waals surface area contributed by atoms with Crippen molar-refractivity contribution in [2.45, 2.75) is 20.0 Å². The topological polar surface area (TPSA) is 30.5 Å². The minimum absolute atomic E-state index is 0.578. The van der Waals surface area contributed by atoms with Gasteiger partial charge in [-0.05, 0) is 29.7 Å². The molecule has 0 aromatic heterocycles. The van der Waals surface area contributed by atoms with Crippen molar-refractivity contribution in [3.63, 3.8) is 0 Å². The lowest BCUT2D eigenvalue weighted by Crippen LogP contribution is -2.14. The summed E-state index contributed by atoms with van der Waals surface area (Å²) in [5.41, 5.74) is 3.56. The first-order valence-corrected chi connectivity index (χ1v) is 7.19. The predicted octanol–water partition coefficient (Wildman–Crippen LogP) is 3.96. The lowest BCUT2D eigenvalue weighted by molar-refractivity contribution is 0.354. The van der Waals surface area contributed by atoms with Crippen molar-refractivity contribution in [2.24, 2.45) is 0 Å². The third-order valence-corrected chi connectivity index (χ3v) is 3.87. The summed E-state index contributed by atoms with van der Waals surface area (Å²) in [6.07, 6.45) is 0. The van der Waals surface area contributed by atoms with E-state index in [1.165, 1.54) is 11.1 Å². The van der Waals surface area contributed by atoms with Crippen molar-refractivity contribution in [3.05, 3.63) is 58.1 Å². The molecule has 4 heteroatoms. The molecule has 112 valence electrons. The van der Waals surface area contributed by atoms with E-state index in [1.54, 1.807) is 14.2 Å². The normalized spacial score (nSPS) is 10.5. The summed E-state index contributed by atoms with van der Waals surface area (Å²) in [5, 5.41) is 4.00. The number of nitrogens with one attached hydrogen (secondary N) is 1. The number of hydrogen-bond donors (Lipinski definition) is 1. The van der Waals surface area contributed by atoms with Gasteiger partial charge in [-0.2, -0.15) is 0 Å². The lowest BCUT2D eigenvalue weighted by Gasteiger charge is -2.13. The lowest BCUT2D eigenvalue weighted by atomic mass is 10.1. The summed E-state index contributed by atoms with van der Waals surface area (Å²) in [4.78, 5) is 0. The van der Waals surface area contributed by atoms with Gasteiger partial charge in [0.1, 0.15) is 0 Å². The van der Waals surface area contributed by atoms with Crippen LogP contribution in [0.15, 0.2) is 36.4 Å². The van der Waals surface area contributed by atoms with Gasteiger partial charge in [-0.1, -0.05) is 41.9 Å². The van der Waals surface area contributed by atoms with Crippen LogP contribution in [-0.4, -0.2) is 14.2 Å². The van der Waals surface area contributed by atoms with Crippen LogP contribution in [0.2, 0.25) is 5.02 Å². The van der Waals surface area contributed by atoms with E-state index in [2.05, 4.69) is 24.4 Å². The molecule has 0 unspecified atom stereocenters. The number of aryl methyl sites for hydroxylation is 1. The maximum atomic E-state index is 6.36. The molecule has 0 saturated carbocycles. The molecule has 0 heterocycles. The smallest absolute Gasteiger partial charge is 0.179 e. The van der Waals surface area contributed by atoms with Crippen LogP contribution in [0, 0.1) is 6.92 Å². The third kappa shape index (κ3) is 3.69. The predicted molar refractivity (Wildman–Crippen MR) is 86.3 cm³/mol. The fourth-order valence-electron chi connectivity index (χ4n) is 2.21. The second-order valence-corrected chi connectivity index (χ2v) is 5.18. The van der Waals surface area contributed by atoms with Crippen LogP contribution in [0.3, 0.4) is 0 Å². The zero-order valence-corrected chi connectivity index (χ0v) is 13.3. The maximum Gasteiger partial charge on any atom is 0.179 e. The van der Waals surface area contributed by atoms with Gasteiger partial charge in [-0.25, -0.2) is 0 Å². The molecule has 0 aliphatic rings. The number of rotatable bonds is 6. The Kier molecular flexibility index (Phi) is 5.48. The van der Waals surface area contributed by atoms with Crippen molar-refractivity contribution in [2.75, 3.05) is 14.2 Å². The molecule has 0 spiro atoms. The largest absolute Gasteiger partial charge is 0.493 e. The van der Waals surface area contributed by atoms with Gasteiger partial charge in [0.25, 0.3) is 0 Å². The Morgan fingerprint density at radius 3 is 2.33 bits per heavy atom. The molecule has 0 aliphatic carbocycles. The fraction of sp³-hybridized carbons (Fsp3) is 0.294. The van der Waals surface area contributed by atoms with Crippen LogP contribution in [0.4, 0.5) is 0 Å². The molecule has 0 amide bonds. The highest BCUT2D eigenvalue weighted by Crippen LogP contribution is 2.37. The monoisotopic (exact) mass is 305 g/mol. The molecule has 0 bridgehead atoms. The first-order valence-electron chi connectivity index (χ1n) is 6.82. The molecule has 0 saturated heterocycles. The van der Waals surface area contributed by atoms with E-state index >= 15 is 0 Å². The van der Waals surface area contributed by atoms with Crippen molar-refractivity contribution in [1.82, 2.24) is 5.32 Å². The van der Waals surface area contributed by atoms with Gasteiger partial charge < -0.3 is 14.8 Å². The molecule has 0 atom stereocenters. The number of ether oxygens (including phenoxy) is 2. The zero-order valence-electron chi connectivity index (χ0n) is 12.6. The van der Waals surface area contributed by atoms with Crippen molar-refractivity contribution >= 4 is 11.6 Å². The van der Waals surface area contributed by atoms with E-state index in [-0.39, 0.29) is 0 Å². The van der Waals surface area contributed by atoms with Gasteiger partial charge in [0, 0.05) is 13.1 Å². The Labute approximate surface area is 130 Å². The average molecular weight is 306 g/mol. The Bertz CT molecular complexity index is 614. The summed E-state index contributed by atoms with van der Waals surface area (Å²) in [6.45, 7) is 3.59. The van der Waals surface area contributed by atoms with E-state index in [0.717, 1.165) is 12.1 Å². The summed E-state index contributed by atoms with van der Waals surface area (Å²) >= 11 is 6.36. The van der Waals surface area contributed by atoms with Gasteiger partial charge in [-0.15, -0.1) is 0 Å². The Morgan fingerprint density at radius 2 is 1.67 bits per heavy atom. The molecule has 2 aromatic carbocycles. The van der Waals surface area contributed by atoms with Crippen molar-refractivity contribution in [1.29, 1.82) is 0 Å². The summed E-state index contributed by atoms with van der Waals surface area (Å²) in [7, 11) is 3.19. The molecule has 0 aliphatic heterocycles. The van der Waals surface area contributed by atoms with Gasteiger partial charge in [-0.3, -0.25) is 0 Å². The zero-order chi connectivity index (χ0) is 15.2. The van der Waals surface area contributed by atoms with Crippen molar-refractivity contribution in [3.8, 4) is 11.5 Å². The van der Waals surface area contributed by atoms with E-state index in [4.69, 9.17) is 21.1 Å². The number of methoxy groups -OCH3 is 2. The molecule has 2 aromatic rings. The highest BCUT2D eigenvalue weighted by molar-refractivity contribution is 6.33. The molecular formula is C17H20ClNO2. The maximum absolute atomic E-state index is 6.36. The van der Waals surface area contributed by atoms with Gasteiger partial charge in [0.2, 0.25) is 0 Å². The summed E-state index contributed by atoms with van der Waals surface area (Å²) in [5.74, 6) is 1.22. The number of halogens is 1.